The Bertz CT molecular complexity index is 1370. The Hall–Kier alpha value is -3.46. The summed E-state index contributed by atoms with van der Waals surface area (Å²) >= 11 is 1.36. The lowest BCUT2D eigenvalue weighted by molar-refractivity contribution is -0.120. The topological polar surface area (TPSA) is 93.9 Å². The van der Waals surface area contributed by atoms with Crippen LogP contribution in [0.4, 0.5) is 5.13 Å². The number of thiazole rings is 1. The summed E-state index contributed by atoms with van der Waals surface area (Å²) in [4.78, 5) is 47.0. The van der Waals surface area contributed by atoms with Crippen LogP contribution in [0.5, 0.6) is 0 Å². The third kappa shape index (κ3) is 4.11. The molecule has 0 bridgehead atoms. The lowest BCUT2D eigenvalue weighted by Gasteiger charge is -2.24. The molecule has 0 N–H and O–H groups in total. The molecule has 1 aliphatic rings. The molecule has 4 aromatic rings. The van der Waals surface area contributed by atoms with Crippen LogP contribution in [0.25, 0.3) is 22.0 Å². The van der Waals surface area contributed by atoms with Crippen molar-refractivity contribution in [3.63, 3.8) is 0 Å². The Morgan fingerprint density at radius 3 is 2.65 bits per heavy atom. The van der Waals surface area contributed by atoms with Gasteiger partial charge in [-0.15, -0.1) is 0 Å². The van der Waals surface area contributed by atoms with E-state index in [1.54, 1.807) is 23.0 Å². The Labute approximate surface area is 201 Å². The van der Waals surface area contributed by atoms with E-state index in [0.717, 1.165) is 19.4 Å². The van der Waals surface area contributed by atoms with Crippen LogP contribution in [-0.2, 0) is 11.3 Å². The predicted molar refractivity (Wildman–Crippen MR) is 133 cm³/mol. The standard InChI is InChI=1S/C25H26N6O2S/c1-3-30-22(21-26-12-8-13-27-21)29-23-20(24(30)33)28-25(34-23)31-14-7-11-18(31)19(32)15-16(2)17-9-5-4-6-10-17/h4-6,8-10,12-13,16,18H,3,7,11,14-15H2,1-2H3/t16-,18+/m0/s1. The third-order valence-electron chi connectivity index (χ3n) is 6.34. The quantitative estimate of drug-likeness (QED) is 0.399. The van der Waals surface area contributed by atoms with E-state index in [1.165, 1.54) is 16.9 Å². The van der Waals surface area contributed by atoms with Crippen LogP contribution in [-0.4, -0.2) is 42.9 Å². The first kappa shape index (κ1) is 22.3. The molecule has 1 fully saturated rings. The summed E-state index contributed by atoms with van der Waals surface area (Å²) in [6.07, 6.45) is 5.46. The number of hydrogen-bond acceptors (Lipinski definition) is 8. The fourth-order valence-electron chi connectivity index (χ4n) is 4.57. The summed E-state index contributed by atoms with van der Waals surface area (Å²) in [5, 5.41) is 0.677. The molecule has 1 saturated heterocycles. The number of rotatable bonds is 7. The van der Waals surface area contributed by atoms with Gasteiger partial charge in [-0.2, -0.15) is 0 Å². The average molecular weight is 475 g/mol. The Morgan fingerprint density at radius 2 is 1.91 bits per heavy atom. The minimum Gasteiger partial charge on any atom is -0.338 e. The van der Waals surface area contributed by atoms with Crippen LogP contribution in [0.1, 0.15) is 44.6 Å². The van der Waals surface area contributed by atoms with E-state index in [2.05, 4.69) is 38.9 Å². The summed E-state index contributed by atoms with van der Waals surface area (Å²) < 4.78 is 1.55. The lowest BCUT2D eigenvalue weighted by Crippen LogP contribution is -2.36. The third-order valence-corrected chi connectivity index (χ3v) is 7.32. The minimum absolute atomic E-state index is 0.151. The van der Waals surface area contributed by atoms with Gasteiger partial charge in [0.1, 0.15) is 0 Å². The molecule has 0 saturated carbocycles. The van der Waals surface area contributed by atoms with E-state index in [0.29, 0.717) is 40.1 Å². The van der Waals surface area contributed by atoms with Crippen LogP contribution >= 0.6 is 11.3 Å². The van der Waals surface area contributed by atoms with Crippen LogP contribution < -0.4 is 10.5 Å². The zero-order valence-electron chi connectivity index (χ0n) is 19.2. The minimum atomic E-state index is -0.225. The summed E-state index contributed by atoms with van der Waals surface area (Å²) in [6, 6.07) is 11.6. The normalized spacial score (nSPS) is 16.8. The second kappa shape index (κ2) is 9.42. The Kier molecular flexibility index (Phi) is 6.19. The van der Waals surface area contributed by atoms with Crippen molar-refractivity contribution in [2.45, 2.75) is 51.6 Å². The maximum atomic E-state index is 13.3. The van der Waals surface area contributed by atoms with Crippen molar-refractivity contribution < 1.29 is 4.79 Å². The van der Waals surface area contributed by atoms with Crippen LogP contribution in [0.3, 0.4) is 0 Å². The van der Waals surface area contributed by atoms with E-state index < -0.39 is 0 Å². The van der Waals surface area contributed by atoms with Gasteiger partial charge >= 0.3 is 0 Å². The first-order chi connectivity index (χ1) is 16.6. The summed E-state index contributed by atoms with van der Waals surface area (Å²) in [5.41, 5.74) is 1.29. The van der Waals surface area contributed by atoms with Crippen molar-refractivity contribution >= 4 is 32.6 Å². The summed E-state index contributed by atoms with van der Waals surface area (Å²) in [7, 11) is 0. The van der Waals surface area contributed by atoms with Crippen molar-refractivity contribution in [2.75, 3.05) is 11.4 Å². The fourth-order valence-corrected chi connectivity index (χ4v) is 5.57. The Balaban J connectivity index is 1.46. The molecule has 0 unspecified atom stereocenters. The SMILES string of the molecule is CCn1c(-c2ncccn2)nc2sc(N3CCC[C@@H]3C(=O)C[C@H](C)c3ccccc3)nc2c1=O. The van der Waals surface area contributed by atoms with Gasteiger partial charge in [0.2, 0.25) is 0 Å². The van der Waals surface area contributed by atoms with Gasteiger partial charge in [0.25, 0.3) is 5.56 Å². The fraction of sp³-hybridized carbons (Fsp3) is 0.360. The molecule has 1 aliphatic heterocycles. The van der Waals surface area contributed by atoms with Crippen LogP contribution in [0.2, 0.25) is 0 Å². The summed E-state index contributed by atoms with van der Waals surface area (Å²) in [5.74, 6) is 1.20. The van der Waals surface area contributed by atoms with Gasteiger partial charge in [-0.05, 0) is 37.3 Å². The zero-order chi connectivity index (χ0) is 23.7. The molecule has 5 rings (SSSR count). The number of carbonyl (C=O) groups excluding carboxylic acids is 1. The number of benzene rings is 1. The number of ketones is 1. The Morgan fingerprint density at radius 1 is 1.15 bits per heavy atom. The number of Topliss-reactive ketones (excluding diaryl/α,β-unsaturated/α-hetero) is 1. The van der Waals surface area contributed by atoms with Gasteiger partial charge in [-0.25, -0.2) is 19.9 Å². The molecule has 2 atom stereocenters. The van der Waals surface area contributed by atoms with E-state index in [9.17, 15) is 9.59 Å². The monoisotopic (exact) mass is 474 g/mol. The molecule has 4 heterocycles. The van der Waals surface area contributed by atoms with Gasteiger partial charge in [0.15, 0.2) is 32.9 Å². The van der Waals surface area contributed by atoms with Gasteiger partial charge < -0.3 is 4.90 Å². The maximum Gasteiger partial charge on any atom is 0.281 e. The van der Waals surface area contributed by atoms with E-state index in [4.69, 9.17) is 4.98 Å². The van der Waals surface area contributed by atoms with Gasteiger partial charge in [0, 0.05) is 31.9 Å². The smallest absolute Gasteiger partial charge is 0.281 e. The molecule has 0 radical (unpaired) electrons. The maximum absolute atomic E-state index is 13.3. The second-order valence-electron chi connectivity index (χ2n) is 8.54. The first-order valence-corrected chi connectivity index (χ1v) is 12.4. The number of nitrogens with zero attached hydrogens (tertiary/aromatic N) is 6. The molecular formula is C25H26N6O2S. The molecule has 0 aliphatic carbocycles. The number of hydrogen-bond donors (Lipinski definition) is 0. The second-order valence-corrected chi connectivity index (χ2v) is 9.50. The van der Waals surface area contributed by atoms with E-state index in [1.807, 2.05) is 25.1 Å². The van der Waals surface area contributed by atoms with Crippen molar-refractivity contribution in [1.29, 1.82) is 0 Å². The van der Waals surface area contributed by atoms with Crippen LogP contribution in [0, 0.1) is 0 Å². The van der Waals surface area contributed by atoms with Gasteiger partial charge in [-0.3, -0.25) is 14.2 Å². The number of fused-ring (bicyclic) bond motifs is 1. The molecule has 0 spiro atoms. The zero-order valence-corrected chi connectivity index (χ0v) is 20.0. The lowest BCUT2D eigenvalue weighted by atomic mass is 9.93. The van der Waals surface area contributed by atoms with Crippen molar-refractivity contribution in [2.24, 2.45) is 0 Å². The number of anilines is 1. The number of carbonyl (C=O) groups is 1. The highest BCUT2D eigenvalue weighted by molar-refractivity contribution is 7.21. The molecule has 9 heteroatoms. The van der Waals surface area contributed by atoms with Gasteiger partial charge in [-0.1, -0.05) is 48.6 Å². The first-order valence-electron chi connectivity index (χ1n) is 11.6. The molecule has 1 aromatic carbocycles. The van der Waals surface area contributed by atoms with Crippen molar-refractivity contribution in [3.05, 3.63) is 64.7 Å². The highest BCUT2D eigenvalue weighted by atomic mass is 32.1. The van der Waals surface area contributed by atoms with E-state index >= 15 is 0 Å². The molecule has 8 nitrogen and oxygen atoms in total. The average Bonchev–Trinajstić information content (AvgIpc) is 3.52. The largest absolute Gasteiger partial charge is 0.338 e. The molecule has 0 amide bonds. The summed E-state index contributed by atoms with van der Waals surface area (Å²) in [6.45, 7) is 5.16. The molecule has 3 aromatic heterocycles. The van der Waals surface area contributed by atoms with Crippen molar-refractivity contribution in [1.82, 2.24) is 24.5 Å². The predicted octanol–water partition coefficient (Wildman–Crippen LogP) is 4.06. The molecular weight excluding hydrogens is 448 g/mol. The highest BCUT2D eigenvalue weighted by Gasteiger charge is 2.34. The van der Waals surface area contributed by atoms with Gasteiger partial charge in [0.05, 0.1) is 6.04 Å². The van der Waals surface area contributed by atoms with E-state index in [-0.39, 0.29) is 23.3 Å². The molecule has 34 heavy (non-hydrogen) atoms. The highest BCUT2D eigenvalue weighted by Crippen LogP contribution is 2.34. The van der Waals surface area contributed by atoms with Crippen LogP contribution in [0.15, 0.2) is 53.6 Å². The molecule has 174 valence electrons. The number of aromatic nitrogens is 5. The van der Waals surface area contributed by atoms with Crippen molar-refractivity contribution in [3.8, 4) is 11.6 Å².